The van der Waals surface area contributed by atoms with Gasteiger partial charge < -0.3 is 19.9 Å². The van der Waals surface area contributed by atoms with Gasteiger partial charge in [0.25, 0.3) is 5.91 Å². The third-order valence-electron chi connectivity index (χ3n) is 4.72. The van der Waals surface area contributed by atoms with Gasteiger partial charge in [-0.25, -0.2) is 4.79 Å². The molecular weight excluding hydrogens is 483 g/mol. The van der Waals surface area contributed by atoms with Gasteiger partial charge in [-0.1, -0.05) is 0 Å². The Morgan fingerprint density at radius 1 is 1.14 bits per heavy atom. The van der Waals surface area contributed by atoms with Crippen LogP contribution in [-0.4, -0.2) is 40.9 Å². The molecule has 0 aliphatic carbocycles. The van der Waals surface area contributed by atoms with E-state index in [4.69, 9.17) is 0 Å². The minimum Gasteiger partial charge on any atom is -0.406 e. The number of aromatic nitrogens is 2. The highest BCUT2D eigenvalue weighted by Crippen LogP contribution is 2.27. The topological polar surface area (TPSA) is 97.6 Å². The van der Waals surface area contributed by atoms with Gasteiger partial charge in [0, 0.05) is 36.9 Å². The first-order valence-corrected chi connectivity index (χ1v) is 11.6. The third-order valence-corrected chi connectivity index (χ3v) is 5.58. The average molecular weight is 508 g/mol. The number of hydrogen-bond donors (Lipinski definition) is 2. The monoisotopic (exact) mass is 507 g/mol. The fraction of sp³-hybridized carbons (Fsp3) is 0.304. The molecule has 8 nitrogen and oxygen atoms in total. The van der Waals surface area contributed by atoms with E-state index in [0.29, 0.717) is 47.7 Å². The SMILES string of the molecule is CCNC(=O)NCCCn1c(-c2ccc(OC(F)(F)F)cc2)csc1=NC(=O)c1ccc(C)nc1. The lowest BCUT2D eigenvalue weighted by molar-refractivity contribution is -0.274. The van der Waals surface area contributed by atoms with E-state index in [1.54, 1.807) is 22.1 Å². The van der Waals surface area contributed by atoms with Crippen LogP contribution >= 0.6 is 11.3 Å². The first-order chi connectivity index (χ1) is 16.7. The Morgan fingerprint density at radius 2 is 1.89 bits per heavy atom. The van der Waals surface area contributed by atoms with Gasteiger partial charge >= 0.3 is 12.4 Å². The highest BCUT2D eigenvalue weighted by Gasteiger charge is 2.31. The molecule has 0 fully saturated rings. The summed E-state index contributed by atoms with van der Waals surface area (Å²) in [6.07, 6.45) is -2.79. The molecule has 0 bridgehead atoms. The molecule has 0 radical (unpaired) electrons. The maximum Gasteiger partial charge on any atom is 0.573 e. The number of amides is 3. The fourth-order valence-corrected chi connectivity index (χ4v) is 4.03. The van der Waals surface area contributed by atoms with E-state index in [0.717, 1.165) is 5.69 Å². The molecule has 3 rings (SSSR count). The number of alkyl halides is 3. The van der Waals surface area contributed by atoms with Crippen molar-refractivity contribution in [3.8, 4) is 17.0 Å². The van der Waals surface area contributed by atoms with Crippen LogP contribution in [0.1, 0.15) is 29.4 Å². The average Bonchev–Trinajstić information content (AvgIpc) is 3.19. The number of carbonyl (C=O) groups is 2. The molecule has 0 aliphatic heterocycles. The van der Waals surface area contributed by atoms with Crippen molar-refractivity contribution in [3.05, 3.63) is 64.0 Å². The van der Waals surface area contributed by atoms with Crippen LogP contribution in [0, 0.1) is 6.92 Å². The Morgan fingerprint density at radius 3 is 2.51 bits per heavy atom. The summed E-state index contributed by atoms with van der Waals surface area (Å²) in [6.45, 7) is 4.91. The Bertz CT molecular complexity index is 1220. The maximum atomic E-state index is 12.7. The molecule has 0 atom stereocenters. The number of hydrogen-bond acceptors (Lipinski definition) is 5. The number of thiazole rings is 1. The maximum absolute atomic E-state index is 12.7. The first kappa shape index (κ1) is 25.9. The Labute approximate surface area is 203 Å². The van der Waals surface area contributed by atoms with Gasteiger partial charge in [0.05, 0.1) is 11.3 Å². The van der Waals surface area contributed by atoms with Crippen LogP contribution in [0.4, 0.5) is 18.0 Å². The lowest BCUT2D eigenvalue weighted by Gasteiger charge is -2.12. The number of carbonyl (C=O) groups excluding carboxylic acids is 2. The quantitative estimate of drug-likeness (QED) is 0.445. The number of rotatable bonds is 8. The Balaban J connectivity index is 1.88. The molecule has 0 aliphatic rings. The van der Waals surface area contributed by atoms with E-state index in [2.05, 4.69) is 25.3 Å². The van der Waals surface area contributed by atoms with Gasteiger partial charge in [0.2, 0.25) is 0 Å². The van der Waals surface area contributed by atoms with E-state index < -0.39 is 12.3 Å². The molecule has 186 valence electrons. The second-order valence-electron chi connectivity index (χ2n) is 7.37. The number of halogens is 3. The summed E-state index contributed by atoms with van der Waals surface area (Å²) < 4.78 is 43.2. The summed E-state index contributed by atoms with van der Waals surface area (Å²) >= 11 is 1.23. The molecule has 0 saturated heterocycles. The van der Waals surface area contributed by atoms with Crippen LogP contribution in [0.2, 0.25) is 0 Å². The van der Waals surface area contributed by atoms with Crippen molar-refractivity contribution in [1.82, 2.24) is 20.2 Å². The number of urea groups is 1. The number of ether oxygens (including phenoxy) is 1. The van der Waals surface area contributed by atoms with Crippen LogP contribution in [-0.2, 0) is 6.54 Å². The number of aryl methyl sites for hydroxylation is 1. The van der Waals surface area contributed by atoms with E-state index in [1.807, 2.05) is 13.8 Å². The molecule has 3 amide bonds. The molecule has 1 aromatic carbocycles. The van der Waals surface area contributed by atoms with Crippen LogP contribution in [0.5, 0.6) is 5.75 Å². The zero-order chi connectivity index (χ0) is 25.4. The predicted octanol–water partition coefficient (Wildman–Crippen LogP) is 4.27. The molecule has 2 aromatic heterocycles. The zero-order valence-electron chi connectivity index (χ0n) is 19.1. The first-order valence-electron chi connectivity index (χ1n) is 10.7. The van der Waals surface area contributed by atoms with Crippen LogP contribution in [0.15, 0.2) is 53.0 Å². The third kappa shape index (κ3) is 7.67. The largest absolute Gasteiger partial charge is 0.573 e. The van der Waals surface area contributed by atoms with Gasteiger partial charge in [-0.3, -0.25) is 9.78 Å². The lowest BCUT2D eigenvalue weighted by atomic mass is 10.1. The predicted molar refractivity (Wildman–Crippen MR) is 125 cm³/mol. The van der Waals surface area contributed by atoms with Crippen molar-refractivity contribution < 1.29 is 27.5 Å². The summed E-state index contributed by atoms with van der Waals surface area (Å²) in [5.41, 5.74) is 2.40. The van der Waals surface area contributed by atoms with Gasteiger partial charge in [0.1, 0.15) is 5.75 Å². The van der Waals surface area contributed by atoms with E-state index in [1.165, 1.54) is 41.8 Å². The normalized spacial score (nSPS) is 11.9. The van der Waals surface area contributed by atoms with E-state index in [9.17, 15) is 22.8 Å². The highest BCUT2D eigenvalue weighted by atomic mass is 32.1. The van der Waals surface area contributed by atoms with Crippen molar-refractivity contribution >= 4 is 23.3 Å². The number of benzene rings is 1. The number of nitrogens with zero attached hydrogens (tertiary/aromatic N) is 3. The molecular formula is C23H24F3N5O3S. The lowest BCUT2D eigenvalue weighted by Crippen LogP contribution is -2.36. The second-order valence-corrected chi connectivity index (χ2v) is 8.21. The molecule has 35 heavy (non-hydrogen) atoms. The molecule has 2 heterocycles. The number of nitrogens with one attached hydrogen (secondary N) is 2. The summed E-state index contributed by atoms with van der Waals surface area (Å²) in [4.78, 5) is 33.1. The minimum atomic E-state index is -4.78. The van der Waals surface area contributed by atoms with Crippen molar-refractivity contribution in [2.45, 2.75) is 33.2 Å². The van der Waals surface area contributed by atoms with E-state index in [-0.39, 0.29) is 11.8 Å². The summed E-state index contributed by atoms with van der Waals surface area (Å²) in [5, 5.41) is 7.15. The summed E-state index contributed by atoms with van der Waals surface area (Å²) in [5.74, 6) is -0.796. The van der Waals surface area contributed by atoms with Crippen LogP contribution < -0.4 is 20.2 Å². The number of pyridine rings is 1. The molecule has 0 spiro atoms. The summed E-state index contributed by atoms with van der Waals surface area (Å²) in [6, 6.07) is 8.53. The molecule has 0 saturated carbocycles. The van der Waals surface area contributed by atoms with Gasteiger partial charge in [-0.2, -0.15) is 4.99 Å². The van der Waals surface area contributed by atoms with Crippen molar-refractivity contribution in [3.63, 3.8) is 0 Å². The second kappa shape index (κ2) is 11.6. The summed E-state index contributed by atoms with van der Waals surface area (Å²) in [7, 11) is 0. The highest BCUT2D eigenvalue weighted by molar-refractivity contribution is 7.07. The Kier molecular flexibility index (Phi) is 8.63. The van der Waals surface area contributed by atoms with Gasteiger partial charge in [-0.05, 0) is 62.2 Å². The van der Waals surface area contributed by atoms with Crippen LogP contribution in [0.25, 0.3) is 11.3 Å². The van der Waals surface area contributed by atoms with E-state index >= 15 is 0 Å². The van der Waals surface area contributed by atoms with Crippen molar-refractivity contribution in [2.24, 2.45) is 4.99 Å². The fourth-order valence-electron chi connectivity index (χ4n) is 3.10. The van der Waals surface area contributed by atoms with Gasteiger partial charge in [0.15, 0.2) is 4.80 Å². The van der Waals surface area contributed by atoms with Crippen molar-refractivity contribution in [2.75, 3.05) is 13.1 Å². The minimum absolute atomic E-state index is 0.282. The standard InChI is InChI=1S/C23H24F3N5O3S/c1-3-27-21(33)28-11-4-12-31-19(16-7-9-18(10-8-16)34-23(24,25)26)14-35-22(31)30-20(32)17-6-5-15(2)29-13-17/h5-10,13-14H,3-4,11-12H2,1-2H3,(H2,27,28,33). The Hall–Kier alpha value is -3.67. The van der Waals surface area contributed by atoms with Crippen molar-refractivity contribution in [1.29, 1.82) is 0 Å². The molecule has 2 N–H and O–H groups in total. The smallest absolute Gasteiger partial charge is 0.406 e. The molecule has 12 heteroatoms. The van der Waals surface area contributed by atoms with Gasteiger partial charge in [-0.15, -0.1) is 24.5 Å². The molecule has 3 aromatic rings. The zero-order valence-corrected chi connectivity index (χ0v) is 19.9. The van der Waals surface area contributed by atoms with Crippen LogP contribution in [0.3, 0.4) is 0 Å². The molecule has 0 unspecified atom stereocenters.